The van der Waals surface area contributed by atoms with Crippen LogP contribution in [0.3, 0.4) is 0 Å². The molecule has 1 unspecified atom stereocenters. The number of carbonyl (C=O) groups excluding carboxylic acids is 2. The van der Waals surface area contributed by atoms with Crippen molar-refractivity contribution in [3.8, 4) is 12.1 Å². The molecule has 3 aromatic rings. The third kappa shape index (κ3) is 6.11. The Bertz CT molecular complexity index is 1720. The van der Waals surface area contributed by atoms with E-state index in [2.05, 4.69) is 42.5 Å². The largest absolute Gasteiger partial charge is 0.457 e. The smallest absolute Gasteiger partial charge is 0.321 e. The molecule has 0 radical (unpaired) electrons. The van der Waals surface area contributed by atoms with Gasteiger partial charge in [0.25, 0.3) is 11.8 Å². The summed E-state index contributed by atoms with van der Waals surface area (Å²) in [4.78, 5) is 25.9. The molecule has 230 valence electrons. The first kappa shape index (κ1) is 34.4. The summed E-state index contributed by atoms with van der Waals surface area (Å²) in [5, 5.41) is 23.2. The predicted octanol–water partition coefficient (Wildman–Crippen LogP) is 8.69. The second-order valence-corrected chi connectivity index (χ2v) is 10.6. The van der Waals surface area contributed by atoms with Gasteiger partial charge in [0.15, 0.2) is 0 Å². The third-order valence-electron chi connectivity index (χ3n) is 6.21. The maximum atomic E-state index is 14.9. The van der Waals surface area contributed by atoms with Crippen LogP contribution in [0.15, 0.2) is 57.5 Å². The Morgan fingerprint density at radius 1 is 0.750 bits per heavy atom. The minimum atomic E-state index is -6.93. The quantitative estimate of drug-likeness (QED) is 0.246. The van der Waals surface area contributed by atoms with E-state index in [1.54, 1.807) is 6.07 Å². The van der Waals surface area contributed by atoms with Crippen LogP contribution in [-0.2, 0) is 5.67 Å². The number of nitrogens with zero attached hydrogens (tertiary/aromatic N) is 2. The fraction of sp³-hybridized carbons (Fsp3) is 0.185. The molecule has 2 N–H and O–H groups in total. The van der Waals surface area contributed by atoms with Gasteiger partial charge in [-0.05, 0) is 86.8 Å². The molecule has 0 spiro atoms. The first-order valence-corrected chi connectivity index (χ1v) is 13.2. The van der Waals surface area contributed by atoms with Gasteiger partial charge in [0, 0.05) is 25.6 Å². The summed E-state index contributed by atoms with van der Waals surface area (Å²) in [7, 11) is 0. The van der Waals surface area contributed by atoms with Gasteiger partial charge in [0.05, 0.1) is 28.6 Å². The van der Waals surface area contributed by atoms with E-state index in [0.29, 0.717) is 5.56 Å². The summed E-state index contributed by atoms with van der Waals surface area (Å²) in [6.07, 6.45) is -13.7. The van der Waals surface area contributed by atoms with Crippen LogP contribution >= 0.6 is 31.9 Å². The molecule has 2 amide bonds. The van der Waals surface area contributed by atoms with E-state index in [-0.39, 0.29) is 40.1 Å². The van der Waals surface area contributed by atoms with Crippen molar-refractivity contribution < 1.29 is 49.1 Å². The van der Waals surface area contributed by atoms with Gasteiger partial charge < -0.3 is 10.6 Å². The Hall–Kier alpha value is -4.09. The van der Waals surface area contributed by atoms with Crippen molar-refractivity contribution in [2.45, 2.75) is 30.9 Å². The van der Waals surface area contributed by atoms with Crippen molar-refractivity contribution >= 4 is 55.0 Å². The molecule has 3 aromatic carbocycles. The maximum Gasteiger partial charge on any atom is 0.457 e. The number of anilines is 2. The van der Waals surface area contributed by atoms with Gasteiger partial charge in [0.2, 0.25) is 0 Å². The van der Waals surface area contributed by atoms with Crippen molar-refractivity contribution in [3.05, 3.63) is 90.9 Å². The van der Waals surface area contributed by atoms with Crippen LogP contribution < -0.4 is 10.6 Å². The third-order valence-corrected chi connectivity index (χ3v) is 7.46. The number of carbonyl (C=O) groups is 2. The van der Waals surface area contributed by atoms with Gasteiger partial charge in [-0.2, -0.15) is 45.6 Å². The summed E-state index contributed by atoms with van der Waals surface area (Å²) in [5.74, 6) is -8.70. The standard InChI is InChI=1S/C27H13Br2F9N4O2/c1-12-14(10-39)3-2-4-17(12)23(44)41-20-7-13(5-6-15(20)11-40)22(43)42-21-18(28)8-16(9-19(21)29)24(30,26(33,34)35)25(31,32)27(36,37)38/h2-9H,1H3,(H,41,44)(H,42,43). The Morgan fingerprint density at radius 3 is 1.82 bits per heavy atom. The highest BCUT2D eigenvalue weighted by Crippen LogP contribution is 2.59. The van der Waals surface area contributed by atoms with E-state index >= 15 is 0 Å². The van der Waals surface area contributed by atoms with Gasteiger partial charge in [-0.3, -0.25) is 9.59 Å². The summed E-state index contributed by atoms with van der Waals surface area (Å²) in [6, 6.07) is 11.3. The summed E-state index contributed by atoms with van der Waals surface area (Å²) in [5.41, 5.74) is -8.74. The van der Waals surface area contributed by atoms with Crippen molar-refractivity contribution in [2.24, 2.45) is 0 Å². The molecule has 6 nitrogen and oxygen atoms in total. The van der Waals surface area contributed by atoms with Crippen molar-refractivity contribution in [3.63, 3.8) is 0 Å². The van der Waals surface area contributed by atoms with Crippen LogP contribution in [0.2, 0.25) is 0 Å². The van der Waals surface area contributed by atoms with Crippen LogP contribution in [0.25, 0.3) is 0 Å². The van der Waals surface area contributed by atoms with Crippen molar-refractivity contribution in [2.75, 3.05) is 10.6 Å². The predicted molar refractivity (Wildman–Crippen MR) is 145 cm³/mol. The highest BCUT2D eigenvalue weighted by Gasteiger charge is 2.81. The second-order valence-electron chi connectivity index (χ2n) is 8.91. The zero-order valence-corrected chi connectivity index (χ0v) is 24.7. The minimum Gasteiger partial charge on any atom is -0.321 e. The molecule has 44 heavy (non-hydrogen) atoms. The van der Waals surface area contributed by atoms with Gasteiger partial charge in [-0.1, -0.05) is 6.07 Å². The zero-order chi connectivity index (χ0) is 33.4. The topological polar surface area (TPSA) is 106 Å². The molecule has 0 heterocycles. The molecule has 0 aliphatic rings. The molecule has 0 aromatic heterocycles. The van der Waals surface area contributed by atoms with E-state index in [1.165, 1.54) is 25.1 Å². The number of hydrogen-bond acceptors (Lipinski definition) is 4. The SMILES string of the molecule is Cc1c(C#N)cccc1C(=O)Nc1cc(C(=O)Nc2c(Br)cc(C(F)(C(F)(F)F)C(F)(F)C(F)(F)F)cc2Br)ccc1C#N. The number of rotatable bonds is 6. The molecular formula is C27H13Br2F9N4O2. The lowest BCUT2D eigenvalue weighted by Crippen LogP contribution is -2.59. The molecule has 0 aliphatic carbocycles. The van der Waals surface area contributed by atoms with E-state index in [1.807, 2.05) is 6.07 Å². The van der Waals surface area contributed by atoms with Gasteiger partial charge in [0.1, 0.15) is 6.07 Å². The van der Waals surface area contributed by atoms with Gasteiger partial charge in [-0.15, -0.1) is 0 Å². The first-order chi connectivity index (χ1) is 20.2. The molecule has 0 aliphatic heterocycles. The van der Waals surface area contributed by atoms with Crippen LogP contribution in [0, 0.1) is 29.6 Å². The van der Waals surface area contributed by atoms with Gasteiger partial charge in [-0.25, -0.2) is 4.39 Å². The Morgan fingerprint density at radius 2 is 1.32 bits per heavy atom. The minimum absolute atomic E-state index is 0.00956. The normalized spacial score (nSPS) is 13.3. The first-order valence-electron chi connectivity index (χ1n) is 11.6. The Labute approximate surface area is 258 Å². The number of hydrogen-bond donors (Lipinski definition) is 2. The molecule has 17 heteroatoms. The maximum absolute atomic E-state index is 14.9. The summed E-state index contributed by atoms with van der Waals surface area (Å²) < 4.78 is 120. The number of halogens is 11. The number of nitrogens with one attached hydrogen (secondary N) is 2. The van der Waals surface area contributed by atoms with Crippen LogP contribution in [0.5, 0.6) is 0 Å². The second kappa shape index (κ2) is 12.1. The fourth-order valence-corrected chi connectivity index (χ4v) is 5.26. The average Bonchev–Trinajstić information content (AvgIpc) is 2.92. The van der Waals surface area contributed by atoms with E-state index < -0.39 is 56.0 Å². The molecule has 0 bridgehead atoms. The lowest BCUT2D eigenvalue weighted by molar-refractivity contribution is -0.389. The zero-order valence-electron chi connectivity index (χ0n) is 21.5. The highest BCUT2D eigenvalue weighted by atomic mass is 79.9. The van der Waals surface area contributed by atoms with E-state index in [9.17, 15) is 59.6 Å². The lowest BCUT2D eigenvalue weighted by Gasteiger charge is -2.36. The van der Waals surface area contributed by atoms with E-state index in [0.717, 1.165) is 18.2 Å². The Balaban J connectivity index is 1.99. The number of benzene rings is 3. The fourth-order valence-electron chi connectivity index (χ4n) is 3.87. The van der Waals surface area contributed by atoms with E-state index in [4.69, 9.17) is 0 Å². The molecule has 0 saturated heterocycles. The number of nitriles is 2. The lowest BCUT2D eigenvalue weighted by atomic mass is 9.87. The molecule has 0 saturated carbocycles. The summed E-state index contributed by atoms with van der Waals surface area (Å²) in [6.45, 7) is 1.51. The molecule has 0 fully saturated rings. The highest BCUT2D eigenvalue weighted by molar-refractivity contribution is 9.11. The molecule has 1 atom stereocenters. The van der Waals surface area contributed by atoms with Crippen molar-refractivity contribution in [1.29, 1.82) is 10.5 Å². The van der Waals surface area contributed by atoms with Crippen LogP contribution in [0.1, 0.15) is 43.0 Å². The van der Waals surface area contributed by atoms with Gasteiger partial charge >= 0.3 is 23.9 Å². The van der Waals surface area contributed by atoms with Crippen LogP contribution in [0.4, 0.5) is 50.9 Å². The monoisotopic (exact) mass is 754 g/mol. The molecular weight excluding hydrogens is 743 g/mol. The van der Waals surface area contributed by atoms with Crippen LogP contribution in [-0.4, -0.2) is 30.1 Å². The van der Waals surface area contributed by atoms with Crippen molar-refractivity contribution in [1.82, 2.24) is 0 Å². The number of alkyl halides is 9. The Kier molecular flexibility index (Phi) is 9.48. The molecule has 3 rings (SSSR count). The summed E-state index contributed by atoms with van der Waals surface area (Å²) >= 11 is 5.32. The average molecular weight is 756 g/mol. The number of amides is 2.